The number of nitrogens with one attached hydrogen (secondary N) is 1. The van der Waals surface area contributed by atoms with Crippen LogP contribution in [-0.2, 0) is 11.3 Å². The highest BCUT2D eigenvalue weighted by Gasteiger charge is 2.23. The molecule has 31 heavy (non-hydrogen) atoms. The number of carbonyl (C=O) groups is 1. The van der Waals surface area contributed by atoms with Gasteiger partial charge in [0.05, 0.1) is 47.9 Å². The number of thiazole rings is 1. The van der Waals surface area contributed by atoms with Gasteiger partial charge in [-0.05, 0) is 36.6 Å². The minimum atomic E-state index is -0.426. The monoisotopic (exact) mass is 437 g/mol. The Kier molecular flexibility index (Phi) is 5.29. The lowest BCUT2D eigenvalue weighted by atomic mass is 9.93. The van der Waals surface area contributed by atoms with E-state index in [-0.39, 0.29) is 12.1 Å². The van der Waals surface area contributed by atoms with Crippen molar-refractivity contribution >= 4 is 43.8 Å². The Bertz CT molecular complexity index is 1250. The maximum Gasteiger partial charge on any atom is 0.339 e. The van der Waals surface area contributed by atoms with Crippen molar-refractivity contribution < 1.29 is 14.6 Å². The number of nitrogens with zero attached hydrogens (tertiary/aromatic N) is 4. The highest BCUT2D eigenvalue weighted by atomic mass is 32.1. The molecule has 1 aliphatic rings. The summed E-state index contributed by atoms with van der Waals surface area (Å²) in [5.41, 5.74) is 3.80. The van der Waals surface area contributed by atoms with Gasteiger partial charge in [0.1, 0.15) is 5.52 Å². The van der Waals surface area contributed by atoms with Crippen LogP contribution in [0, 0.1) is 0 Å². The molecule has 0 bridgehead atoms. The van der Waals surface area contributed by atoms with E-state index in [4.69, 9.17) is 4.74 Å². The van der Waals surface area contributed by atoms with E-state index >= 15 is 0 Å². The standard InChI is InChI=1S/C22H23N5O3S/c1-30-21(29)14-9-17-20(23-10-14)27(12-24-17)11-13-6-7-16-19(8-13)31-22(26-16)25-15-4-2-3-5-18(15)28/h6-10,12,15,18,28H,2-5,11H2,1H3,(H,25,26). The van der Waals surface area contributed by atoms with Crippen molar-refractivity contribution in [3.8, 4) is 0 Å². The first-order chi connectivity index (χ1) is 15.1. The van der Waals surface area contributed by atoms with Crippen molar-refractivity contribution in [2.24, 2.45) is 0 Å². The second kappa shape index (κ2) is 8.24. The lowest BCUT2D eigenvalue weighted by Gasteiger charge is -2.27. The molecule has 0 radical (unpaired) electrons. The number of methoxy groups -OCH3 is 1. The highest BCUT2D eigenvalue weighted by Crippen LogP contribution is 2.30. The van der Waals surface area contributed by atoms with Crippen LogP contribution in [0.1, 0.15) is 41.6 Å². The third kappa shape index (κ3) is 3.98. The van der Waals surface area contributed by atoms with E-state index in [2.05, 4.69) is 32.4 Å². The van der Waals surface area contributed by atoms with Crippen LogP contribution in [-0.4, -0.2) is 49.9 Å². The van der Waals surface area contributed by atoms with Gasteiger partial charge in [-0.1, -0.05) is 30.2 Å². The summed E-state index contributed by atoms with van der Waals surface area (Å²) in [6.45, 7) is 0.610. The van der Waals surface area contributed by atoms with Gasteiger partial charge >= 0.3 is 5.97 Å². The molecule has 3 heterocycles. The Morgan fingerprint density at radius 1 is 1.26 bits per heavy atom. The molecule has 0 aliphatic heterocycles. The first-order valence-electron chi connectivity index (χ1n) is 10.3. The van der Waals surface area contributed by atoms with Gasteiger partial charge < -0.3 is 19.7 Å². The molecule has 1 aromatic carbocycles. The minimum absolute atomic E-state index is 0.0760. The van der Waals surface area contributed by atoms with E-state index < -0.39 is 5.97 Å². The van der Waals surface area contributed by atoms with Gasteiger partial charge in [0.25, 0.3) is 0 Å². The highest BCUT2D eigenvalue weighted by molar-refractivity contribution is 7.22. The molecule has 1 saturated carbocycles. The van der Waals surface area contributed by atoms with Gasteiger partial charge in [-0.2, -0.15) is 0 Å². The number of hydrogen-bond donors (Lipinski definition) is 2. The van der Waals surface area contributed by atoms with Crippen LogP contribution in [0.25, 0.3) is 21.4 Å². The predicted molar refractivity (Wildman–Crippen MR) is 119 cm³/mol. The number of fused-ring (bicyclic) bond motifs is 2. The molecule has 2 atom stereocenters. The van der Waals surface area contributed by atoms with Crippen molar-refractivity contribution in [3.63, 3.8) is 0 Å². The van der Waals surface area contributed by atoms with Crippen LogP contribution < -0.4 is 5.32 Å². The summed E-state index contributed by atoms with van der Waals surface area (Å²) in [5, 5.41) is 14.5. The zero-order valence-corrected chi connectivity index (χ0v) is 17.9. The Labute approximate surface area is 182 Å². The normalized spacial score (nSPS) is 19.0. The predicted octanol–water partition coefficient (Wildman–Crippen LogP) is 3.59. The maximum atomic E-state index is 11.7. The molecule has 160 valence electrons. The molecular formula is C22H23N5O3S. The van der Waals surface area contributed by atoms with E-state index in [1.54, 1.807) is 23.7 Å². The van der Waals surface area contributed by atoms with Crippen molar-refractivity contribution in [1.82, 2.24) is 19.5 Å². The van der Waals surface area contributed by atoms with Crippen molar-refractivity contribution in [2.45, 2.75) is 44.4 Å². The SMILES string of the molecule is COC(=O)c1cnc2c(c1)ncn2Cc1ccc2nc(NC3CCCCC3O)sc2c1. The van der Waals surface area contributed by atoms with Gasteiger partial charge in [-0.25, -0.2) is 19.7 Å². The van der Waals surface area contributed by atoms with E-state index in [0.717, 1.165) is 46.6 Å². The molecule has 0 spiro atoms. The van der Waals surface area contributed by atoms with Gasteiger partial charge in [0, 0.05) is 6.20 Å². The van der Waals surface area contributed by atoms with Crippen molar-refractivity contribution in [1.29, 1.82) is 0 Å². The molecular weight excluding hydrogens is 414 g/mol. The fraction of sp³-hybridized carbons (Fsp3) is 0.364. The molecule has 3 aromatic heterocycles. The summed E-state index contributed by atoms with van der Waals surface area (Å²) in [4.78, 5) is 25.2. The lowest BCUT2D eigenvalue weighted by molar-refractivity contribution is 0.0600. The zero-order valence-electron chi connectivity index (χ0n) is 17.1. The number of esters is 1. The topological polar surface area (TPSA) is 102 Å². The van der Waals surface area contributed by atoms with Crippen molar-refractivity contribution in [3.05, 3.63) is 47.9 Å². The van der Waals surface area contributed by atoms with Crippen LogP contribution in [0.15, 0.2) is 36.8 Å². The van der Waals surface area contributed by atoms with Crippen LogP contribution in [0.5, 0.6) is 0 Å². The van der Waals surface area contributed by atoms with Gasteiger partial charge in [-0.3, -0.25) is 0 Å². The van der Waals surface area contributed by atoms with E-state index in [1.807, 2.05) is 10.6 Å². The first-order valence-corrected chi connectivity index (χ1v) is 11.2. The number of aromatic nitrogens is 4. The third-order valence-corrected chi connectivity index (χ3v) is 6.67. The number of aliphatic hydroxyl groups excluding tert-OH is 1. The number of hydrogen-bond acceptors (Lipinski definition) is 8. The molecule has 4 aromatic rings. The molecule has 2 unspecified atom stereocenters. The molecule has 1 aliphatic carbocycles. The van der Waals surface area contributed by atoms with E-state index in [0.29, 0.717) is 23.3 Å². The number of pyridine rings is 1. The first kappa shape index (κ1) is 19.9. The smallest absolute Gasteiger partial charge is 0.339 e. The summed E-state index contributed by atoms with van der Waals surface area (Å²) in [6, 6.07) is 7.97. The number of aliphatic hydroxyl groups is 1. The molecule has 0 saturated heterocycles. The quantitative estimate of drug-likeness (QED) is 0.460. The van der Waals surface area contributed by atoms with Gasteiger partial charge in [-0.15, -0.1) is 0 Å². The Morgan fingerprint density at radius 3 is 2.97 bits per heavy atom. The fourth-order valence-corrected chi connectivity index (χ4v) is 5.05. The van der Waals surface area contributed by atoms with Crippen LogP contribution in [0.3, 0.4) is 0 Å². The Balaban J connectivity index is 1.36. The fourth-order valence-electron chi connectivity index (χ4n) is 4.06. The molecule has 1 fully saturated rings. The largest absolute Gasteiger partial charge is 0.465 e. The summed E-state index contributed by atoms with van der Waals surface area (Å²) in [6.07, 6.45) is 6.98. The number of imidazole rings is 1. The molecule has 5 rings (SSSR count). The van der Waals surface area contributed by atoms with E-state index in [9.17, 15) is 9.90 Å². The van der Waals surface area contributed by atoms with Gasteiger partial charge in [0.15, 0.2) is 10.8 Å². The van der Waals surface area contributed by atoms with Crippen LogP contribution in [0.4, 0.5) is 5.13 Å². The summed E-state index contributed by atoms with van der Waals surface area (Å²) >= 11 is 1.61. The molecule has 9 heteroatoms. The van der Waals surface area contributed by atoms with Crippen molar-refractivity contribution in [2.75, 3.05) is 12.4 Å². The average molecular weight is 438 g/mol. The summed E-state index contributed by atoms with van der Waals surface area (Å²) < 4.78 is 7.79. The maximum absolute atomic E-state index is 11.7. The Hall–Kier alpha value is -3.04. The number of carbonyl (C=O) groups excluding carboxylic acids is 1. The van der Waals surface area contributed by atoms with E-state index in [1.165, 1.54) is 13.3 Å². The number of benzene rings is 1. The summed E-state index contributed by atoms with van der Waals surface area (Å²) in [7, 11) is 1.35. The molecule has 8 nitrogen and oxygen atoms in total. The van der Waals surface area contributed by atoms with Gasteiger partial charge in [0.2, 0.25) is 0 Å². The lowest BCUT2D eigenvalue weighted by Crippen LogP contribution is -2.36. The summed E-state index contributed by atoms with van der Waals surface area (Å²) in [5.74, 6) is -0.426. The van der Waals surface area contributed by atoms with Crippen LogP contribution in [0.2, 0.25) is 0 Å². The Morgan fingerprint density at radius 2 is 2.13 bits per heavy atom. The average Bonchev–Trinajstić information content (AvgIpc) is 3.37. The second-order valence-electron chi connectivity index (χ2n) is 7.85. The third-order valence-electron chi connectivity index (χ3n) is 5.72. The van der Waals surface area contributed by atoms with Crippen LogP contribution >= 0.6 is 11.3 Å². The number of anilines is 1. The molecule has 2 N–H and O–H groups in total. The minimum Gasteiger partial charge on any atom is -0.465 e. The number of ether oxygens (including phenoxy) is 1. The second-order valence-corrected chi connectivity index (χ2v) is 8.89. The molecule has 0 amide bonds. The number of rotatable bonds is 5. The zero-order chi connectivity index (χ0) is 21.4.